The number of pyridine rings is 1. The lowest BCUT2D eigenvalue weighted by atomic mass is 10.2. The summed E-state index contributed by atoms with van der Waals surface area (Å²) in [5, 5.41) is 2.69. The summed E-state index contributed by atoms with van der Waals surface area (Å²) in [7, 11) is 0. The first-order chi connectivity index (χ1) is 11.3. The van der Waals surface area contributed by atoms with E-state index in [1.165, 1.54) is 31.2 Å². The average molecular weight is 390 g/mol. The van der Waals surface area contributed by atoms with E-state index in [1.807, 2.05) is 0 Å². The molecule has 1 amide bonds. The molecule has 2 rings (SSSR count). The van der Waals surface area contributed by atoms with Gasteiger partial charge in [0.15, 0.2) is 16.8 Å². The Kier molecular flexibility index (Phi) is 6.15. The van der Waals surface area contributed by atoms with E-state index in [4.69, 9.17) is 23.2 Å². The van der Waals surface area contributed by atoms with Crippen LogP contribution in [0.4, 0.5) is 14.5 Å². The van der Waals surface area contributed by atoms with Crippen LogP contribution in [0.1, 0.15) is 15.9 Å². The molecule has 1 heterocycles. The second-order valence-corrected chi connectivity index (χ2v) is 6.18. The van der Waals surface area contributed by atoms with E-state index in [2.05, 4.69) is 15.3 Å². The van der Waals surface area contributed by atoms with Crippen molar-refractivity contribution < 1.29 is 13.6 Å². The van der Waals surface area contributed by atoms with Gasteiger partial charge in [-0.1, -0.05) is 41.0 Å². The molecule has 0 spiro atoms. The topological polar surface area (TPSA) is 54.4 Å². The number of carbonyl (C=O) groups is 1. The van der Waals surface area contributed by atoms with Crippen LogP contribution in [0.5, 0.6) is 0 Å². The first-order valence-electron chi connectivity index (χ1n) is 6.53. The van der Waals surface area contributed by atoms with Crippen molar-refractivity contribution in [3.05, 3.63) is 57.3 Å². The zero-order chi connectivity index (χ0) is 17.9. The van der Waals surface area contributed by atoms with Gasteiger partial charge < -0.3 is 5.32 Å². The molecule has 9 heteroatoms. The first kappa shape index (κ1) is 18.6. The molecule has 0 saturated carbocycles. The molecule has 0 bridgehead atoms. The third-order valence-electron chi connectivity index (χ3n) is 2.92. The van der Waals surface area contributed by atoms with Gasteiger partial charge in [0.25, 0.3) is 5.91 Å². The number of aryl methyl sites for hydroxylation is 1. The molecule has 2 aromatic rings. The molecule has 0 radical (unpaired) electrons. The van der Waals surface area contributed by atoms with Crippen LogP contribution in [0.2, 0.25) is 10.3 Å². The highest BCUT2D eigenvalue weighted by Crippen LogP contribution is 2.24. The van der Waals surface area contributed by atoms with Crippen molar-refractivity contribution in [2.45, 2.75) is 6.92 Å². The van der Waals surface area contributed by atoms with Gasteiger partial charge in [-0.15, -0.1) is 0 Å². The maximum Gasteiger partial charge on any atom is 0.257 e. The second kappa shape index (κ2) is 7.92. The molecule has 1 aromatic heterocycles. The van der Waals surface area contributed by atoms with Crippen molar-refractivity contribution in [3.63, 3.8) is 0 Å². The number of amides is 1. The monoisotopic (exact) mass is 389 g/mol. The number of aliphatic imine (C=N–C) groups is 1. The summed E-state index contributed by atoms with van der Waals surface area (Å²) in [5.74, 6) is -2.61. The molecule has 0 aliphatic rings. The summed E-state index contributed by atoms with van der Waals surface area (Å²) in [6.45, 7) is 1.44. The van der Waals surface area contributed by atoms with Crippen molar-refractivity contribution in [2.24, 2.45) is 4.99 Å². The Morgan fingerprint density at radius 3 is 2.42 bits per heavy atom. The number of hydrogen-bond donors (Lipinski definition) is 1. The third-order valence-corrected chi connectivity index (χ3v) is 3.88. The van der Waals surface area contributed by atoms with Crippen LogP contribution in [0.15, 0.2) is 29.3 Å². The Labute approximate surface area is 151 Å². The number of benzene rings is 1. The van der Waals surface area contributed by atoms with Gasteiger partial charge in [-0.2, -0.15) is 0 Å². The van der Waals surface area contributed by atoms with Gasteiger partial charge in [0.05, 0.1) is 0 Å². The standard InChI is InChI=1S/C15H11Cl2F2N3OS/c1-7-3-4-9(13(19)12(7)18)20-15(24-2)22-14(23)8-5-10(16)21-11(17)6-8/h3-6H,1-2H3,(H,20,22,23). The molecule has 0 fully saturated rings. The van der Waals surface area contributed by atoms with E-state index in [-0.39, 0.29) is 32.3 Å². The molecule has 0 saturated heterocycles. The molecule has 0 unspecified atom stereocenters. The number of nitrogens with zero attached hydrogens (tertiary/aromatic N) is 2. The van der Waals surface area contributed by atoms with E-state index < -0.39 is 17.5 Å². The lowest BCUT2D eigenvalue weighted by Crippen LogP contribution is -2.28. The van der Waals surface area contributed by atoms with Crippen molar-refractivity contribution >= 4 is 51.7 Å². The van der Waals surface area contributed by atoms with Gasteiger partial charge in [0.2, 0.25) is 0 Å². The van der Waals surface area contributed by atoms with Crippen LogP contribution in [0.3, 0.4) is 0 Å². The number of rotatable bonds is 2. The average Bonchev–Trinajstić information content (AvgIpc) is 2.53. The highest BCUT2D eigenvalue weighted by atomic mass is 35.5. The molecule has 1 N–H and O–H groups in total. The molecule has 24 heavy (non-hydrogen) atoms. The Hall–Kier alpha value is -1.70. The normalized spacial score (nSPS) is 11.5. The van der Waals surface area contributed by atoms with Crippen molar-refractivity contribution in [3.8, 4) is 0 Å². The van der Waals surface area contributed by atoms with Crippen LogP contribution in [-0.2, 0) is 0 Å². The van der Waals surface area contributed by atoms with Crippen LogP contribution in [0.25, 0.3) is 0 Å². The van der Waals surface area contributed by atoms with Crippen LogP contribution in [-0.4, -0.2) is 22.3 Å². The number of hydrogen-bond acceptors (Lipinski definition) is 4. The summed E-state index contributed by atoms with van der Waals surface area (Å²) in [4.78, 5) is 19.9. The molecule has 4 nitrogen and oxygen atoms in total. The van der Waals surface area contributed by atoms with Gasteiger partial charge in [0.1, 0.15) is 16.0 Å². The maximum atomic E-state index is 13.9. The number of halogens is 4. The zero-order valence-corrected chi connectivity index (χ0v) is 14.9. The number of aromatic nitrogens is 1. The fourth-order valence-electron chi connectivity index (χ4n) is 1.72. The Morgan fingerprint density at radius 1 is 1.21 bits per heavy atom. The largest absolute Gasteiger partial charge is 0.301 e. The number of carbonyl (C=O) groups excluding carboxylic acids is 1. The third kappa shape index (κ3) is 4.43. The van der Waals surface area contributed by atoms with Crippen LogP contribution >= 0.6 is 35.0 Å². The summed E-state index contributed by atoms with van der Waals surface area (Å²) in [6.07, 6.45) is 1.63. The van der Waals surface area contributed by atoms with Crippen molar-refractivity contribution in [1.29, 1.82) is 0 Å². The van der Waals surface area contributed by atoms with Crippen LogP contribution in [0, 0.1) is 18.6 Å². The Morgan fingerprint density at radius 2 is 1.83 bits per heavy atom. The van der Waals surface area contributed by atoms with Gasteiger partial charge in [-0.3, -0.25) is 4.79 Å². The molecule has 0 aliphatic carbocycles. The number of nitrogens with one attached hydrogen (secondary N) is 1. The molecule has 0 aliphatic heterocycles. The second-order valence-electron chi connectivity index (χ2n) is 4.61. The van der Waals surface area contributed by atoms with Gasteiger partial charge in [-0.25, -0.2) is 18.8 Å². The molecular weight excluding hydrogens is 379 g/mol. The predicted molar refractivity (Wildman–Crippen MR) is 93.4 cm³/mol. The van der Waals surface area contributed by atoms with E-state index in [1.54, 1.807) is 6.26 Å². The summed E-state index contributed by atoms with van der Waals surface area (Å²) in [5.41, 5.74) is 0.119. The van der Waals surface area contributed by atoms with Crippen LogP contribution < -0.4 is 5.32 Å². The molecular formula is C15H11Cl2F2N3OS. The van der Waals surface area contributed by atoms with E-state index in [0.717, 1.165) is 11.8 Å². The van der Waals surface area contributed by atoms with Gasteiger partial charge in [0, 0.05) is 5.56 Å². The first-order valence-corrected chi connectivity index (χ1v) is 8.51. The number of amidine groups is 1. The SMILES string of the molecule is CSC(=Nc1ccc(C)c(F)c1F)NC(=O)c1cc(Cl)nc(Cl)c1. The fraction of sp³-hybridized carbons (Fsp3) is 0.133. The molecule has 1 aromatic carbocycles. The van der Waals surface area contributed by atoms with E-state index in [0.29, 0.717) is 0 Å². The minimum atomic E-state index is -1.08. The lowest BCUT2D eigenvalue weighted by Gasteiger charge is -2.08. The van der Waals surface area contributed by atoms with Gasteiger partial charge in [-0.05, 0) is 36.9 Å². The highest BCUT2D eigenvalue weighted by Gasteiger charge is 2.14. The highest BCUT2D eigenvalue weighted by molar-refractivity contribution is 8.13. The minimum Gasteiger partial charge on any atom is -0.301 e. The lowest BCUT2D eigenvalue weighted by molar-refractivity contribution is 0.0978. The smallest absolute Gasteiger partial charge is 0.257 e. The summed E-state index contributed by atoms with van der Waals surface area (Å²) in [6, 6.07) is 5.38. The van der Waals surface area contributed by atoms with E-state index in [9.17, 15) is 13.6 Å². The van der Waals surface area contributed by atoms with Gasteiger partial charge >= 0.3 is 0 Å². The van der Waals surface area contributed by atoms with Crippen molar-refractivity contribution in [2.75, 3.05) is 6.26 Å². The quantitative estimate of drug-likeness (QED) is 0.457. The Bertz CT molecular complexity index is 810. The number of thioether (sulfide) groups is 1. The molecule has 126 valence electrons. The zero-order valence-electron chi connectivity index (χ0n) is 12.5. The van der Waals surface area contributed by atoms with Crippen molar-refractivity contribution in [1.82, 2.24) is 10.3 Å². The minimum absolute atomic E-state index is 0.0574. The predicted octanol–water partition coefficient (Wildman–Crippen LogP) is 4.76. The Balaban J connectivity index is 2.29. The molecule has 0 atom stereocenters. The fourth-order valence-corrected chi connectivity index (χ4v) is 2.57. The van der Waals surface area contributed by atoms with E-state index >= 15 is 0 Å². The summed E-state index contributed by atoms with van der Waals surface area (Å²) >= 11 is 12.6. The maximum absolute atomic E-state index is 13.9. The summed E-state index contributed by atoms with van der Waals surface area (Å²) < 4.78 is 27.5.